The zero-order chi connectivity index (χ0) is 16.7. The quantitative estimate of drug-likeness (QED) is 0.662. The summed E-state index contributed by atoms with van der Waals surface area (Å²) >= 11 is 11.7. The highest BCUT2D eigenvalue weighted by Crippen LogP contribution is 2.21. The zero-order valence-electron chi connectivity index (χ0n) is 11.8. The Morgan fingerprint density at radius 3 is 2.83 bits per heavy atom. The molecule has 0 radical (unpaired) electrons. The molecule has 0 aliphatic heterocycles. The van der Waals surface area contributed by atoms with E-state index in [1.807, 2.05) is 6.07 Å². The molecular weight excluding hydrogens is 337 g/mol. The lowest BCUT2D eigenvalue weighted by atomic mass is 10.2. The third-order valence-corrected chi connectivity index (χ3v) is 3.30. The minimum absolute atomic E-state index is 0.0718. The highest BCUT2D eigenvalue weighted by molar-refractivity contribution is 6.36. The van der Waals surface area contributed by atoms with Crippen LogP contribution in [0.1, 0.15) is 15.9 Å². The number of ether oxygens (including phenoxy) is 1. The van der Waals surface area contributed by atoms with Crippen LogP contribution in [0.3, 0.4) is 0 Å². The van der Waals surface area contributed by atoms with Crippen LogP contribution in [0, 0.1) is 11.3 Å². The van der Waals surface area contributed by atoms with Crippen LogP contribution >= 0.6 is 23.2 Å². The summed E-state index contributed by atoms with van der Waals surface area (Å²) in [5.41, 5.74) is 3.27. The maximum atomic E-state index is 12.0. The molecule has 0 saturated heterocycles. The number of rotatable bonds is 5. The maximum absolute atomic E-state index is 12.0. The smallest absolute Gasteiger partial charge is 0.272 e. The van der Waals surface area contributed by atoms with Crippen molar-refractivity contribution in [3.8, 4) is 11.8 Å². The van der Waals surface area contributed by atoms with E-state index in [0.717, 1.165) is 0 Å². The first-order valence-electron chi connectivity index (χ1n) is 6.49. The van der Waals surface area contributed by atoms with E-state index in [1.165, 1.54) is 18.3 Å². The number of hydrogen-bond donors (Lipinski definition) is 1. The average molecular weight is 348 g/mol. The number of para-hydroxylation sites is 1. The van der Waals surface area contributed by atoms with Gasteiger partial charge < -0.3 is 4.74 Å². The van der Waals surface area contributed by atoms with Gasteiger partial charge in [-0.3, -0.25) is 4.79 Å². The fraction of sp³-hybridized carbons (Fsp3) is 0.0625. The van der Waals surface area contributed by atoms with Crippen molar-refractivity contribution in [2.24, 2.45) is 5.10 Å². The number of nitrogens with zero attached hydrogens (tertiary/aromatic N) is 2. The molecule has 1 amide bonds. The van der Waals surface area contributed by atoms with Gasteiger partial charge in [-0.1, -0.05) is 35.3 Å². The van der Waals surface area contributed by atoms with E-state index in [4.69, 9.17) is 33.2 Å². The van der Waals surface area contributed by atoms with Gasteiger partial charge in [0.2, 0.25) is 0 Å². The van der Waals surface area contributed by atoms with E-state index in [9.17, 15) is 4.79 Å². The summed E-state index contributed by atoms with van der Waals surface area (Å²) in [5, 5.41) is 13.1. The van der Waals surface area contributed by atoms with Crippen molar-refractivity contribution in [2.45, 2.75) is 0 Å². The first-order chi connectivity index (χ1) is 11.1. The SMILES string of the molecule is N#CCOc1ccccc1/C=N\NC(=O)c1ccc(Cl)cc1Cl. The van der Waals surface area contributed by atoms with E-state index in [1.54, 1.807) is 30.3 Å². The normalized spacial score (nSPS) is 10.3. The highest BCUT2D eigenvalue weighted by Gasteiger charge is 2.09. The molecule has 0 heterocycles. The monoisotopic (exact) mass is 347 g/mol. The van der Waals surface area contributed by atoms with Crippen molar-refractivity contribution < 1.29 is 9.53 Å². The van der Waals surface area contributed by atoms with Gasteiger partial charge in [-0.05, 0) is 30.3 Å². The molecular formula is C16H11Cl2N3O2. The molecule has 0 spiro atoms. The number of hydrazone groups is 1. The topological polar surface area (TPSA) is 74.5 Å². The molecule has 1 N–H and O–H groups in total. The van der Waals surface area contributed by atoms with Crippen LogP contribution in [0.15, 0.2) is 47.6 Å². The number of nitriles is 1. The third kappa shape index (κ3) is 4.71. The summed E-state index contributed by atoms with van der Waals surface area (Å²) in [7, 11) is 0. The molecule has 7 heteroatoms. The van der Waals surface area contributed by atoms with Crippen LogP contribution in [0.25, 0.3) is 0 Å². The number of amides is 1. The van der Waals surface area contributed by atoms with E-state index >= 15 is 0 Å². The minimum Gasteiger partial charge on any atom is -0.478 e. The lowest BCUT2D eigenvalue weighted by Gasteiger charge is -2.05. The molecule has 0 atom stereocenters. The van der Waals surface area contributed by atoms with Crippen LogP contribution in [-0.4, -0.2) is 18.7 Å². The second kappa shape index (κ2) is 8.18. The summed E-state index contributed by atoms with van der Waals surface area (Å²) in [5.74, 6) is 0.0370. The zero-order valence-corrected chi connectivity index (χ0v) is 13.3. The highest BCUT2D eigenvalue weighted by atomic mass is 35.5. The predicted molar refractivity (Wildman–Crippen MR) is 89.1 cm³/mol. The number of carbonyl (C=O) groups excluding carboxylic acids is 1. The maximum Gasteiger partial charge on any atom is 0.272 e. The van der Waals surface area contributed by atoms with E-state index < -0.39 is 5.91 Å². The molecule has 5 nitrogen and oxygen atoms in total. The lowest BCUT2D eigenvalue weighted by Crippen LogP contribution is -2.18. The van der Waals surface area contributed by atoms with Crippen LogP contribution < -0.4 is 10.2 Å². The van der Waals surface area contributed by atoms with Crippen molar-refractivity contribution in [3.05, 3.63) is 63.6 Å². The van der Waals surface area contributed by atoms with Crippen molar-refractivity contribution in [3.63, 3.8) is 0 Å². The molecule has 2 aromatic carbocycles. The second-order valence-electron chi connectivity index (χ2n) is 4.31. The minimum atomic E-state index is -0.460. The molecule has 0 aromatic heterocycles. The molecule has 0 unspecified atom stereocenters. The summed E-state index contributed by atoms with van der Waals surface area (Å²) in [6.07, 6.45) is 1.43. The van der Waals surface area contributed by atoms with Crippen molar-refractivity contribution in [1.82, 2.24) is 5.43 Å². The molecule has 2 rings (SSSR count). The molecule has 116 valence electrons. The number of nitrogens with one attached hydrogen (secondary N) is 1. The summed E-state index contributed by atoms with van der Waals surface area (Å²) in [4.78, 5) is 12.0. The van der Waals surface area contributed by atoms with Gasteiger partial charge in [-0.2, -0.15) is 10.4 Å². The first kappa shape index (κ1) is 16.8. The third-order valence-electron chi connectivity index (χ3n) is 2.76. The largest absolute Gasteiger partial charge is 0.478 e. The molecule has 2 aromatic rings. The van der Waals surface area contributed by atoms with Gasteiger partial charge in [0.05, 0.1) is 16.8 Å². The summed E-state index contributed by atoms with van der Waals surface area (Å²) in [6.45, 7) is -0.0718. The standard InChI is InChI=1S/C16H11Cl2N3O2/c17-12-5-6-13(14(18)9-12)16(22)21-20-10-11-3-1-2-4-15(11)23-8-7-19/h1-6,9-10H,8H2,(H,21,22)/b20-10-. The fourth-order valence-electron chi connectivity index (χ4n) is 1.72. The van der Waals surface area contributed by atoms with Gasteiger partial charge in [0, 0.05) is 10.6 Å². The number of hydrogen-bond acceptors (Lipinski definition) is 4. The molecule has 0 aliphatic rings. The first-order valence-corrected chi connectivity index (χ1v) is 7.24. The summed E-state index contributed by atoms with van der Waals surface area (Å²) < 4.78 is 5.26. The Hall–Kier alpha value is -2.55. The van der Waals surface area contributed by atoms with Crippen molar-refractivity contribution >= 4 is 35.3 Å². The van der Waals surface area contributed by atoms with E-state index in [0.29, 0.717) is 16.3 Å². The molecule has 0 fully saturated rings. The fourth-order valence-corrected chi connectivity index (χ4v) is 2.22. The average Bonchev–Trinajstić information content (AvgIpc) is 2.53. The van der Waals surface area contributed by atoms with Gasteiger partial charge in [-0.25, -0.2) is 5.43 Å². The van der Waals surface area contributed by atoms with Crippen molar-refractivity contribution in [1.29, 1.82) is 5.26 Å². The van der Waals surface area contributed by atoms with Crippen LogP contribution in [0.4, 0.5) is 0 Å². The second-order valence-corrected chi connectivity index (χ2v) is 5.15. The van der Waals surface area contributed by atoms with Crippen LogP contribution in [-0.2, 0) is 0 Å². The van der Waals surface area contributed by atoms with Crippen LogP contribution in [0.2, 0.25) is 10.0 Å². The van der Waals surface area contributed by atoms with E-state index in [-0.39, 0.29) is 17.2 Å². The number of carbonyl (C=O) groups is 1. The van der Waals surface area contributed by atoms with Gasteiger partial charge in [0.1, 0.15) is 11.8 Å². The lowest BCUT2D eigenvalue weighted by molar-refractivity contribution is 0.0955. The predicted octanol–water partition coefficient (Wildman–Crippen LogP) is 3.66. The van der Waals surface area contributed by atoms with Gasteiger partial charge in [0.25, 0.3) is 5.91 Å². The Morgan fingerprint density at radius 2 is 2.09 bits per heavy atom. The Bertz CT molecular complexity index is 785. The molecule has 0 aliphatic carbocycles. The van der Waals surface area contributed by atoms with Crippen LogP contribution in [0.5, 0.6) is 5.75 Å². The molecule has 0 bridgehead atoms. The number of benzene rings is 2. The van der Waals surface area contributed by atoms with E-state index in [2.05, 4.69) is 10.5 Å². The Labute approximate surface area is 143 Å². The van der Waals surface area contributed by atoms with Gasteiger partial charge in [0.15, 0.2) is 6.61 Å². The molecule has 23 heavy (non-hydrogen) atoms. The van der Waals surface area contributed by atoms with Crippen molar-refractivity contribution in [2.75, 3.05) is 6.61 Å². The Kier molecular flexibility index (Phi) is 5.98. The summed E-state index contributed by atoms with van der Waals surface area (Å²) in [6, 6.07) is 13.5. The van der Waals surface area contributed by atoms with Gasteiger partial charge in [-0.15, -0.1) is 0 Å². The number of halogens is 2. The van der Waals surface area contributed by atoms with Gasteiger partial charge >= 0.3 is 0 Å². The molecule has 0 saturated carbocycles. The Balaban J connectivity index is 2.07. The Morgan fingerprint density at radius 1 is 1.30 bits per heavy atom.